The predicted octanol–water partition coefficient (Wildman–Crippen LogP) is 4.21. The molecule has 9 heteroatoms. The van der Waals surface area contributed by atoms with Crippen LogP contribution in [0.5, 0.6) is 5.75 Å². The first-order chi connectivity index (χ1) is 21.7. The number of benzene rings is 2. The van der Waals surface area contributed by atoms with Crippen LogP contribution in [0, 0.1) is 17.8 Å². The maximum Gasteiger partial charge on any atom is 0.249 e. The molecular formula is C36H45N3O6. The van der Waals surface area contributed by atoms with Gasteiger partial charge in [-0.05, 0) is 55.5 Å². The standard InChI is InChI=1S/C36H45N3O6/c1-6-20-37(22-25-12-10-9-11-13-25)35(43)32-36-19-18-29(45-36)30(31(36)34(42)39(32)28(23-40)24(4)5)33(41)38(21-7-2)26-14-16-27(17-15-26)44-8-3/h6-7,9-17,24,28-32,40H,1-2,8,18-23H2,3-5H3/t28-,29+,30-,31-,32?,36?/m0/s1. The minimum Gasteiger partial charge on any atom is -0.494 e. The summed E-state index contributed by atoms with van der Waals surface area (Å²) in [5.41, 5.74) is 0.418. The Kier molecular flexibility index (Phi) is 9.79. The van der Waals surface area contributed by atoms with E-state index in [4.69, 9.17) is 9.47 Å². The average molecular weight is 616 g/mol. The minimum absolute atomic E-state index is 0.140. The van der Waals surface area contributed by atoms with Crippen molar-refractivity contribution in [2.75, 3.05) is 31.2 Å². The first-order valence-electron chi connectivity index (χ1n) is 15.9. The smallest absolute Gasteiger partial charge is 0.249 e. The number of hydrogen-bond donors (Lipinski definition) is 1. The highest BCUT2D eigenvalue weighted by Gasteiger charge is 2.75. The van der Waals surface area contributed by atoms with Gasteiger partial charge in [0.15, 0.2) is 0 Å². The quantitative estimate of drug-likeness (QED) is 0.320. The number of carbonyl (C=O) groups is 3. The fourth-order valence-corrected chi connectivity index (χ4v) is 7.52. The molecule has 0 radical (unpaired) electrons. The van der Waals surface area contributed by atoms with Crippen LogP contribution in [0.3, 0.4) is 0 Å². The summed E-state index contributed by atoms with van der Waals surface area (Å²) in [6, 6.07) is 15.3. The van der Waals surface area contributed by atoms with Crippen LogP contribution in [-0.4, -0.2) is 82.7 Å². The number of fused-ring (bicyclic) bond motifs is 1. The molecule has 2 unspecified atom stereocenters. The third kappa shape index (κ3) is 5.79. The van der Waals surface area contributed by atoms with Crippen LogP contribution in [0.2, 0.25) is 0 Å². The Hall–Kier alpha value is -3.95. The number of nitrogens with zero attached hydrogens (tertiary/aromatic N) is 3. The van der Waals surface area contributed by atoms with Gasteiger partial charge < -0.3 is 29.3 Å². The number of ether oxygens (including phenoxy) is 2. The second kappa shape index (κ2) is 13.6. The van der Waals surface area contributed by atoms with E-state index in [-0.39, 0.29) is 43.3 Å². The van der Waals surface area contributed by atoms with Crippen LogP contribution in [-0.2, 0) is 25.7 Å². The molecule has 2 bridgehead atoms. The van der Waals surface area contributed by atoms with E-state index in [0.29, 0.717) is 37.4 Å². The number of carbonyl (C=O) groups excluding carboxylic acids is 3. The van der Waals surface area contributed by atoms with Crippen molar-refractivity contribution in [2.45, 2.75) is 63.9 Å². The maximum absolute atomic E-state index is 14.7. The lowest BCUT2D eigenvalue weighted by Gasteiger charge is -2.40. The van der Waals surface area contributed by atoms with Gasteiger partial charge in [-0.25, -0.2) is 0 Å². The molecule has 1 N–H and O–H groups in total. The molecule has 0 aliphatic carbocycles. The van der Waals surface area contributed by atoms with Crippen molar-refractivity contribution in [2.24, 2.45) is 17.8 Å². The zero-order valence-corrected chi connectivity index (χ0v) is 26.5. The molecule has 5 rings (SSSR count). The molecule has 45 heavy (non-hydrogen) atoms. The minimum atomic E-state index is -1.18. The van der Waals surface area contributed by atoms with Gasteiger partial charge in [-0.1, -0.05) is 56.3 Å². The van der Waals surface area contributed by atoms with E-state index < -0.39 is 35.6 Å². The third-order valence-corrected chi connectivity index (χ3v) is 9.49. The van der Waals surface area contributed by atoms with Crippen molar-refractivity contribution in [3.05, 3.63) is 85.5 Å². The highest BCUT2D eigenvalue weighted by atomic mass is 16.5. The Balaban J connectivity index is 1.54. The molecule has 0 aromatic heterocycles. The molecule has 3 aliphatic rings. The van der Waals surface area contributed by atoms with Gasteiger partial charge in [-0.3, -0.25) is 14.4 Å². The number of aliphatic hydroxyl groups is 1. The van der Waals surface area contributed by atoms with Crippen molar-refractivity contribution in [1.82, 2.24) is 9.80 Å². The lowest BCUT2D eigenvalue weighted by atomic mass is 9.70. The van der Waals surface area contributed by atoms with Gasteiger partial charge >= 0.3 is 0 Å². The average Bonchev–Trinajstić information content (AvgIpc) is 3.68. The van der Waals surface area contributed by atoms with Crippen LogP contribution in [0.25, 0.3) is 0 Å². The van der Waals surface area contributed by atoms with E-state index in [1.165, 1.54) is 0 Å². The maximum atomic E-state index is 14.7. The highest BCUT2D eigenvalue weighted by Crippen LogP contribution is 2.59. The topological polar surface area (TPSA) is 99.6 Å². The van der Waals surface area contributed by atoms with Crippen molar-refractivity contribution in [3.8, 4) is 5.75 Å². The Bertz CT molecular complexity index is 1400. The normalized spacial score (nSPS) is 25.6. The molecule has 3 aliphatic heterocycles. The summed E-state index contributed by atoms with van der Waals surface area (Å²) in [6.07, 6.45) is 3.84. The molecule has 0 saturated carbocycles. The van der Waals surface area contributed by atoms with Crippen LogP contribution in [0.15, 0.2) is 79.9 Å². The molecular weight excluding hydrogens is 570 g/mol. The molecule has 3 amide bonds. The second-order valence-corrected chi connectivity index (χ2v) is 12.5. The van der Waals surface area contributed by atoms with Crippen molar-refractivity contribution >= 4 is 23.4 Å². The summed E-state index contributed by atoms with van der Waals surface area (Å²) >= 11 is 0. The Morgan fingerprint density at radius 3 is 2.38 bits per heavy atom. The van der Waals surface area contributed by atoms with E-state index in [9.17, 15) is 19.5 Å². The number of rotatable bonds is 14. The number of amides is 3. The number of likely N-dealkylation sites (tertiary alicyclic amines) is 1. The summed E-state index contributed by atoms with van der Waals surface area (Å²) in [5, 5.41) is 10.6. The summed E-state index contributed by atoms with van der Waals surface area (Å²) in [6.45, 7) is 14.6. The van der Waals surface area contributed by atoms with Crippen LogP contribution in [0.4, 0.5) is 5.69 Å². The zero-order chi connectivity index (χ0) is 32.3. The molecule has 1 spiro atoms. The number of anilines is 1. The van der Waals surface area contributed by atoms with Crippen molar-refractivity contribution < 1.29 is 29.0 Å². The summed E-state index contributed by atoms with van der Waals surface area (Å²) in [4.78, 5) is 48.7. The molecule has 3 heterocycles. The van der Waals surface area contributed by atoms with E-state index in [0.717, 1.165) is 5.56 Å². The largest absolute Gasteiger partial charge is 0.494 e. The molecule has 3 saturated heterocycles. The van der Waals surface area contributed by atoms with Gasteiger partial charge in [0.25, 0.3) is 0 Å². The van der Waals surface area contributed by atoms with E-state index in [1.807, 2.05) is 75.4 Å². The van der Waals surface area contributed by atoms with Crippen LogP contribution in [0.1, 0.15) is 39.2 Å². The van der Waals surface area contributed by atoms with E-state index in [2.05, 4.69) is 13.2 Å². The molecule has 3 fully saturated rings. The molecule has 240 valence electrons. The molecule has 6 atom stereocenters. The van der Waals surface area contributed by atoms with Gasteiger partial charge in [0, 0.05) is 25.3 Å². The monoisotopic (exact) mass is 615 g/mol. The van der Waals surface area contributed by atoms with Gasteiger partial charge in [0.1, 0.15) is 17.4 Å². The lowest BCUT2D eigenvalue weighted by Crippen LogP contribution is -2.59. The zero-order valence-electron chi connectivity index (χ0n) is 26.5. The fraction of sp³-hybridized carbons (Fsp3) is 0.472. The molecule has 2 aromatic carbocycles. The molecule has 9 nitrogen and oxygen atoms in total. The van der Waals surface area contributed by atoms with E-state index in [1.54, 1.807) is 26.9 Å². The van der Waals surface area contributed by atoms with Gasteiger partial charge in [0.2, 0.25) is 17.7 Å². The fourth-order valence-electron chi connectivity index (χ4n) is 7.52. The summed E-state index contributed by atoms with van der Waals surface area (Å²) in [5.74, 6) is -1.91. The Morgan fingerprint density at radius 2 is 1.78 bits per heavy atom. The summed E-state index contributed by atoms with van der Waals surface area (Å²) in [7, 11) is 0. The second-order valence-electron chi connectivity index (χ2n) is 12.5. The first kappa shape index (κ1) is 32.4. The number of aliphatic hydroxyl groups excluding tert-OH is 1. The summed E-state index contributed by atoms with van der Waals surface area (Å²) < 4.78 is 12.3. The number of hydrogen-bond acceptors (Lipinski definition) is 6. The van der Waals surface area contributed by atoms with Gasteiger partial charge in [0.05, 0.1) is 37.2 Å². The van der Waals surface area contributed by atoms with E-state index >= 15 is 0 Å². The van der Waals surface area contributed by atoms with Crippen LogP contribution >= 0.6 is 0 Å². The highest BCUT2D eigenvalue weighted by molar-refractivity contribution is 6.03. The third-order valence-electron chi connectivity index (χ3n) is 9.49. The SMILES string of the molecule is C=CCN(Cc1ccccc1)C(=O)C1N([C@@H](CO)C(C)C)C(=O)[C@@H]2[C@@H](C(=O)N(CC=C)c3ccc(OCC)cc3)[C@H]3CCC12O3. The van der Waals surface area contributed by atoms with Gasteiger partial charge in [-0.2, -0.15) is 0 Å². The first-order valence-corrected chi connectivity index (χ1v) is 15.9. The van der Waals surface area contributed by atoms with Gasteiger partial charge in [-0.15, -0.1) is 13.2 Å². The van der Waals surface area contributed by atoms with Crippen molar-refractivity contribution in [3.63, 3.8) is 0 Å². The molecule has 2 aromatic rings. The van der Waals surface area contributed by atoms with Crippen LogP contribution < -0.4 is 9.64 Å². The Labute approximate surface area is 266 Å². The predicted molar refractivity (Wildman–Crippen MR) is 172 cm³/mol. The van der Waals surface area contributed by atoms with Crippen molar-refractivity contribution in [1.29, 1.82) is 0 Å². The Morgan fingerprint density at radius 1 is 1.09 bits per heavy atom. The lowest BCUT2D eigenvalue weighted by molar-refractivity contribution is -0.152.